The molecule has 1 N–H and O–H groups in total. The summed E-state index contributed by atoms with van der Waals surface area (Å²) < 4.78 is 1.98. The fraction of sp³-hybridized carbons (Fsp3) is 0.714. The van der Waals surface area contributed by atoms with Crippen molar-refractivity contribution in [2.24, 2.45) is 0 Å². The van der Waals surface area contributed by atoms with Crippen LogP contribution in [0.25, 0.3) is 0 Å². The lowest BCUT2D eigenvalue weighted by atomic mass is 10.1. The molecule has 0 radical (unpaired) electrons. The predicted molar refractivity (Wildman–Crippen MR) is 71.4 cm³/mol. The number of carboxylic acids is 1. The first-order chi connectivity index (χ1) is 8.79. The molecule has 0 atom stereocenters. The molecule has 4 heteroatoms. The van der Waals surface area contributed by atoms with Gasteiger partial charge >= 0.3 is 5.97 Å². The molecule has 0 saturated carbocycles. The fourth-order valence-corrected chi connectivity index (χ4v) is 2.04. The summed E-state index contributed by atoms with van der Waals surface area (Å²) >= 11 is 0. The number of hydrogen-bond acceptors (Lipinski definition) is 2. The lowest BCUT2D eigenvalue weighted by Crippen LogP contribution is -1.97. The maximum absolute atomic E-state index is 10.3. The van der Waals surface area contributed by atoms with Crippen LogP contribution in [0.4, 0.5) is 0 Å². The molecule has 4 nitrogen and oxygen atoms in total. The molecular weight excluding hydrogens is 228 g/mol. The number of carbonyl (C=O) groups is 1. The minimum absolute atomic E-state index is 0.323. The Morgan fingerprint density at radius 2 is 1.61 bits per heavy atom. The van der Waals surface area contributed by atoms with Crippen LogP contribution in [0.1, 0.15) is 57.8 Å². The summed E-state index contributed by atoms with van der Waals surface area (Å²) in [7, 11) is 0. The second-order valence-corrected chi connectivity index (χ2v) is 4.74. The molecule has 18 heavy (non-hydrogen) atoms. The standard InChI is InChI=1S/C14H24N2O2/c17-14(18)10-7-5-3-1-2-4-6-8-12-16-13-9-11-15-16/h9,11,13H,1-8,10,12H2,(H,17,18). The monoisotopic (exact) mass is 252 g/mol. The maximum atomic E-state index is 10.3. The number of rotatable bonds is 11. The summed E-state index contributed by atoms with van der Waals surface area (Å²) in [6, 6.07) is 1.96. The summed E-state index contributed by atoms with van der Waals surface area (Å²) in [6.07, 6.45) is 13.4. The molecular formula is C14H24N2O2. The number of aryl methyl sites for hydroxylation is 1. The first-order valence-electron chi connectivity index (χ1n) is 6.98. The van der Waals surface area contributed by atoms with Crippen LogP contribution in [-0.4, -0.2) is 20.9 Å². The van der Waals surface area contributed by atoms with Gasteiger partial charge < -0.3 is 5.11 Å². The number of aromatic nitrogens is 2. The third-order valence-electron chi connectivity index (χ3n) is 3.09. The number of unbranched alkanes of at least 4 members (excludes halogenated alkanes) is 7. The van der Waals surface area contributed by atoms with Crippen LogP contribution in [0.5, 0.6) is 0 Å². The summed E-state index contributed by atoms with van der Waals surface area (Å²) in [6.45, 7) is 1.02. The van der Waals surface area contributed by atoms with Gasteiger partial charge in [-0.25, -0.2) is 0 Å². The third-order valence-corrected chi connectivity index (χ3v) is 3.09. The first-order valence-corrected chi connectivity index (χ1v) is 6.98. The van der Waals surface area contributed by atoms with Crippen molar-refractivity contribution < 1.29 is 9.90 Å². The molecule has 0 aliphatic heterocycles. The molecule has 0 unspecified atom stereocenters. The van der Waals surface area contributed by atoms with Crippen LogP contribution in [0, 0.1) is 0 Å². The third kappa shape index (κ3) is 7.87. The Bertz CT molecular complexity index is 310. The number of carboxylic acid groups (broad SMARTS) is 1. The molecule has 0 aliphatic carbocycles. The van der Waals surface area contributed by atoms with Gasteiger partial charge in [-0.2, -0.15) is 5.10 Å². The predicted octanol–water partition coefficient (Wildman–Crippen LogP) is 3.48. The average molecular weight is 252 g/mol. The molecule has 0 aliphatic rings. The maximum Gasteiger partial charge on any atom is 0.303 e. The molecule has 0 fully saturated rings. The van der Waals surface area contributed by atoms with E-state index in [0.717, 1.165) is 19.4 Å². The summed E-state index contributed by atoms with van der Waals surface area (Å²) in [5.74, 6) is -0.673. The van der Waals surface area contributed by atoms with E-state index in [1.54, 1.807) is 0 Å². The highest BCUT2D eigenvalue weighted by atomic mass is 16.4. The summed E-state index contributed by atoms with van der Waals surface area (Å²) in [5, 5.41) is 12.7. The van der Waals surface area contributed by atoms with E-state index < -0.39 is 5.97 Å². The molecule has 102 valence electrons. The Labute approximate surface area is 109 Å². The molecule has 1 aromatic rings. The van der Waals surface area contributed by atoms with Crippen LogP contribution in [0.2, 0.25) is 0 Å². The van der Waals surface area contributed by atoms with Crippen LogP contribution in [-0.2, 0) is 11.3 Å². The topological polar surface area (TPSA) is 55.1 Å². The van der Waals surface area contributed by atoms with Gasteiger partial charge in [-0.1, -0.05) is 38.5 Å². The van der Waals surface area contributed by atoms with Crippen LogP contribution in [0.3, 0.4) is 0 Å². The summed E-state index contributed by atoms with van der Waals surface area (Å²) in [5.41, 5.74) is 0. The van der Waals surface area contributed by atoms with Gasteiger partial charge in [0, 0.05) is 25.4 Å². The van der Waals surface area contributed by atoms with Gasteiger partial charge in [0.05, 0.1) is 0 Å². The van der Waals surface area contributed by atoms with Crippen molar-refractivity contribution in [3.8, 4) is 0 Å². The van der Waals surface area contributed by atoms with E-state index in [-0.39, 0.29) is 0 Å². The van der Waals surface area contributed by atoms with Crippen molar-refractivity contribution in [2.45, 2.75) is 64.3 Å². The first kappa shape index (κ1) is 14.7. The van der Waals surface area contributed by atoms with Gasteiger partial charge in [-0.15, -0.1) is 0 Å². The lowest BCUT2D eigenvalue weighted by molar-refractivity contribution is -0.137. The van der Waals surface area contributed by atoms with Crippen molar-refractivity contribution >= 4 is 5.97 Å². The van der Waals surface area contributed by atoms with E-state index in [4.69, 9.17) is 5.11 Å². The van der Waals surface area contributed by atoms with Gasteiger partial charge in [0.15, 0.2) is 0 Å². The Kier molecular flexibility index (Phi) is 7.93. The smallest absolute Gasteiger partial charge is 0.303 e. The second-order valence-electron chi connectivity index (χ2n) is 4.74. The number of hydrogen-bond donors (Lipinski definition) is 1. The Morgan fingerprint density at radius 3 is 2.17 bits per heavy atom. The molecule has 1 rings (SSSR count). The quantitative estimate of drug-likeness (QED) is 0.613. The second kappa shape index (κ2) is 9.68. The van der Waals surface area contributed by atoms with Gasteiger partial charge in [0.2, 0.25) is 0 Å². The highest BCUT2D eigenvalue weighted by Gasteiger charge is 1.97. The minimum Gasteiger partial charge on any atom is -0.481 e. The summed E-state index contributed by atoms with van der Waals surface area (Å²) in [4.78, 5) is 10.3. The zero-order chi connectivity index (χ0) is 13.1. The van der Waals surface area contributed by atoms with E-state index in [1.807, 2.05) is 23.1 Å². The Hall–Kier alpha value is -1.32. The molecule has 0 aromatic carbocycles. The molecule has 0 saturated heterocycles. The van der Waals surface area contributed by atoms with Crippen molar-refractivity contribution in [2.75, 3.05) is 0 Å². The SMILES string of the molecule is O=C(O)CCCCCCCCCCn1cccn1. The van der Waals surface area contributed by atoms with Crippen molar-refractivity contribution in [1.82, 2.24) is 9.78 Å². The van der Waals surface area contributed by atoms with Crippen LogP contribution in [0.15, 0.2) is 18.5 Å². The zero-order valence-electron chi connectivity index (χ0n) is 11.1. The Morgan fingerprint density at radius 1 is 1.00 bits per heavy atom. The van der Waals surface area contributed by atoms with Crippen LogP contribution >= 0.6 is 0 Å². The number of nitrogens with zero attached hydrogens (tertiary/aromatic N) is 2. The highest BCUT2D eigenvalue weighted by molar-refractivity contribution is 5.66. The van der Waals surface area contributed by atoms with E-state index in [9.17, 15) is 4.79 Å². The van der Waals surface area contributed by atoms with Gasteiger partial charge in [-0.3, -0.25) is 9.48 Å². The van der Waals surface area contributed by atoms with Crippen molar-refractivity contribution in [1.29, 1.82) is 0 Å². The van der Waals surface area contributed by atoms with E-state index in [1.165, 1.54) is 38.5 Å². The number of aliphatic carboxylic acids is 1. The Balaban J connectivity index is 1.77. The highest BCUT2D eigenvalue weighted by Crippen LogP contribution is 2.10. The van der Waals surface area contributed by atoms with E-state index in [0.29, 0.717) is 6.42 Å². The zero-order valence-corrected chi connectivity index (χ0v) is 11.1. The van der Waals surface area contributed by atoms with Crippen molar-refractivity contribution in [3.63, 3.8) is 0 Å². The minimum atomic E-state index is -0.673. The van der Waals surface area contributed by atoms with Crippen LogP contribution < -0.4 is 0 Å². The largest absolute Gasteiger partial charge is 0.481 e. The average Bonchev–Trinajstić information content (AvgIpc) is 2.84. The van der Waals surface area contributed by atoms with Gasteiger partial charge in [0.25, 0.3) is 0 Å². The molecule has 0 bridgehead atoms. The normalized spacial score (nSPS) is 10.7. The molecule has 0 amide bonds. The van der Waals surface area contributed by atoms with E-state index in [2.05, 4.69) is 5.10 Å². The van der Waals surface area contributed by atoms with E-state index >= 15 is 0 Å². The molecule has 0 spiro atoms. The fourth-order valence-electron chi connectivity index (χ4n) is 2.04. The van der Waals surface area contributed by atoms with Gasteiger partial charge in [0.1, 0.15) is 0 Å². The lowest BCUT2D eigenvalue weighted by Gasteiger charge is -2.02. The molecule has 1 heterocycles. The molecule has 1 aromatic heterocycles. The van der Waals surface area contributed by atoms with Gasteiger partial charge in [-0.05, 0) is 18.9 Å². The van der Waals surface area contributed by atoms with Crippen molar-refractivity contribution in [3.05, 3.63) is 18.5 Å².